The quantitative estimate of drug-likeness (QED) is 0.538. The Kier molecular flexibility index (Phi) is 4.18. The van der Waals surface area contributed by atoms with Crippen LogP contribution < -0.4 is 0 Å². The number of nitrogens with zero attached hydrogens (tertiary/aromatic N) is 1. The molecule has 96 valence electrons. The van der Waals surface area contributed by atoms with Crippen LogP contribution in [0.2, 0.25) is 0 Å². The largest absolute Gasteiger partial charge is 0.241 e. The van der Waals surface area contributed by atoms with Gasteiger partial charge < -0.3 is 0 Å². The zero-order chi connectivity index (χ0) is 13.8. The first-order valence-electron chi connectivity index (χ1n) is 6.14. The first-order chi connectivity index (χ1) is 9.09. The van der Waals surface area contributed by atoms with Crippen molar-refractivity contribution in [3.05, 3.63) is 71.4 Å². The third-order valence-corrected chi connectivity index (χ3v) is 3.09. The maximum absolute atomic E-state index is 5.79. The Morgan fingerprint density at radius 1 is 1.05 bits per heavy atom. The van der Waals surface area contributed by atoms with E-state index in [4.69, 9.17) is 11.6 Å². The van der Waals surface area contributed by atoms with Gasteiger partial charge in [-0.2, -0.15) is 0 Å². The van der Waals surface area contributed by atoms with Crippen molar-refractivity contribution in [2.75, 3.05) is 0 Å². The standard InChI is InChI=1S/C17H16ClN/c1-12-8-7-11-16(15-9-5-4-6-10-15)17(12)13(2)19-14(3)18/h4-11H,3H2,1-2H3/b19-13-. The maximum atomic E-state index is 5.79. The summed E-state index contributed by atoms with van der Waals surface area (Å²) in [6.07, 6.45) is 0. The molecule has 0 aliphatic rings. The predicted molar refractivity (Wildman–Crippen MR) is 83.8 cm³/mol. The Bertz CT molecular complexity index is 627. The fraction of sp³-hybridized carbons (Fsp3) is 0.118. The van der Waals surface area contributed by atoms with Crippen molar-refractivity contribution in [3.63, 3.8) is 0 Å². The molecule has 0 saturated carbocycles. The van der Waals surface area contributed by atoms with Gasteiger partial charge in [0.1, 0.15) is 5.16 Å². The van der Waals surface area contributed by atoms with Crippen molar-refractivity contribution in [3.8, 4) is 11.1 Å². The molecule has 2 rings (SSSR count). The van der Waals surface area contributed by atoms with E-state index in [1.807, 2.05) is 25.1 Å². The van der Waals surface area contributed by atoms with Crippen LogP contribution in [0.25, 0.3) is 11.1 Å². The van der Waals surface area contributed by atoms with Gasteiger partial charge in [0.15, 0.2) is 0 Å². The molecule has 0 saturated heterocycles. The number of hydrogen-bond donors (Lipinski definition) is 0. The molecule has 0 spiro atoms. The van der Waals surface area contributed by atoms with Crippen molar-refractivity contribution in [2.45, 2.75) is 13.8 Å². The van der Waals surface area contributed by atoms with Crippen molar-refractivity contribution < 1.29 is 0 Å². The van der Waals surface area contributed by atoms with E-state index in [2.05, 4.69) is 48.8 Å². The summed E-state index contributed by atoms with van der Waals surface area (Å²) in [4.78, 5) is 4.28. The SMILES string of the molecule is C=C(Cl)/N=C(/C)c1c(C)cccc1-c1ccccc1. The molecule has 0 N–H and O–H groups in total. The Morgan fingerprint density at radius 3 is 2.37 bits per heavy atom. The van der Waals surface area contributed by atoms with Gasteiger partial charge in [-0.3, -0.25) is 0 Å². The van der Waals surface area contributed by atoms with Crippen LogP contribution in [0.1, 0.15) is 18.1 Å². The molecule has 0 fully saturated rings. The van der Waals surface area contributed by atoms with E-state index < -0.39 is 0 Å². The second-order valence-electron chi connectivity index (χ2n) is 4.44. The van der Waals surface area contributed by atoms with Crippen molar-refractivity contribution in [2.24, 2.45) is 4.99 Å². The number of hydrogen-bond acceptors (Lipinski definition) is 1. The average molecular weight is 270 g/mol. The predicted octanol–water partition coefficient (Wildman–Crippen LogP) is 5.18. The lowest BCUT2D eigenvalue weighted by Gasteiger charge is -2.12. The summed E-state index contributed by atoms with van der Waals surface area (Å²) in [7, 11) is 0. The van der Waals surface area contributed by atoms with Crippen LogP contribution in [0.5, 0.6) is 0 Å². The molecule has 0 aliphatic heterocycles. The topological polar surface area (TPSA) is 12.4 Å². The third kappa shape index (κ3) is 3.12. The van der Waals surface area contributed by atoms with E-state index >= 15 is 0 Å². The second-order valence-corrected chi connectivity index (χ2v) is 4.87. The van der Waals surface area contributed by atoms with Crippen LogP contribution in [-0.4, -0.2) is 5.71 Å². The molecule has 0 aromatic heterocycles. The van der Waals surface area contributed by atoms with Gasteiger partial charge >= 0.3 is 0 Å². The fourth-order valence-electron chi connectivity index (χ4n) is 2.24. The van der Waals surface area contributed by atoms with Gasteiger partial charge in [-0.15, -0.1) is 0 Å². The minimum Gasteiger partial charge on any atom is -0.241 e. The molecule has 2 aromatic rings. The Morgan fingerprint density at radius 2 is 1.74 bits per heavy atom. The molecule has 19 heavy (non-hydrogen) atoms. The highest BCUT2D eigenvalue weighted by Gasteiger charge is 2.10. The highest BCUT2D eigenvalue weighted by Crippen LogP contribution is 2.27. The molecular formula is C17H16ClN. The monoisotopic (exact) mass is 269 g/mol. The van der Waals surface area contributed by atoms with Crippen molar-refractivity contribution >= 4 is 17.3 Å². The maximum Gasteiger partial charge on any atom is 0.122 e. The van der Waals surface area contributed by atoms with Gasteiger partial charge in [-0.05, 0) is 30.5 Å². The Balaban J connectivity index is 2.64. The van der Waals surface area contributed by atoms with Crippen LogP contribution in [-0.2, 0) is 0 Å². The first-order valence-corrected chi connectivity index (χ1v) is 6.52. The molecule has 0 atom stereocenters. The molecule has 0 bridgehead atoms. The minimum absolute atomic E-state index is 0.305. The van der Waals surface area contributed by atoms with Crippen LogP contribution in [0.4, 0.5) is 0 Å². The molecule has 0 heterocycles. The van der Waals surface area contributed by atoms with Crippen molar-refractivity contribution in [1.29, 1.82) is 0 Å². The molecule has 0 radical (unpaired) electrons. The number of halogens is 1. The number of rotatable bonds is 3. The summed E-state index contributed by atoms with van der Waals surface area (Å²) in [5.41, 5.74) is 5.53. The minimum atomic E-state index is 0.305. The normalized spacial score (nSPS) is 11.4. The highest BCUT2D eigenvalue weighted by molar-refractivity contribution is 6.30. The molecule has 0 unspecified atom stereocenters. The molecule has 1 nitrogen and oxygen atoms in total. The molecule has 0 aliphatic carbocycles. The van der Waals surface area contributed by atoms with Gasteiger partial charge in [-0.25, -0.2) is 4.99 Å². The summed E-state index contributed by atoms with van der Waals surface area (Å²) in [5, 5.41) is 0.305. The summed E-state index contributed by atoms with van der Waals surface area (Å²) in [6, 6.07) is 16.5. The average Bonchev–Trinajstić information content (AvgIpc) is 2.38. The van der Waals surface area contributed by atoms with Gasteiger partial charge in [-0.1, -0.05) is 66.7 Å². The lowest BCUT2D eigenvalue weighted by atomic mass is 9.93. The Labute approximate surface area is 119 Å². The molecule has 2 aromatic carbocycles. The number of benzene rings is 2. The molecular weight excluding hydrogens is 254 g/mol. The summed E-state index contributed by atoms with van der Waals surface area (Å²) in [5.74, 6) is 0. The zero-order valence-corrected chi connectivity index (χ0v) is 11.9. The smallest absolute Gasteiger partial charge is 0.122 e. The van der Waals surface area contributed by atoms with E-state index in [0.717, 1.165) is 11.3 Å². The number of aliphatic imine (C=N–C) groups is 1. The van der Waals surface area contributed by atoms with Gasteiger partial charge in [0, 0.05) is 11.3 Å². The summed E-state index contributed by atoms with van der Waals surface area (Å²) < 4.78 is 0. The van der Waals surface area contributed by atoms with Gasteiger partial charge in [0.05, 0.1) is 0 Å². The van der Waals surface area contributed by atoms with Crippen molar-refractivity contribution in [1.82, 2.24) is 0 Å². The van der Waals surface area contributed by atoms with Crippen LogP contribution >= 0.6 is 11.6 Å². The molecule has 2 heteroatoms. The van der Waals surface area contributed by atoms with E-state index in [1.54, 1.807) is 0 Å². The van der Waals surface area contributed by atoms with E-state index in [0.29, 0.717) is 5.16 Å². The highest BCUT2D eigenvalue weighted by atomic mass is 35.5. The second kappa shape index (κ2) is 5.85. The van der Waals surface area contributed by atoms with Crippen LogP contribution in [0, 0.1) is 6.92 Å². The van der Waals surface area contributed by atoms with Gasteiger partial charge in [0.2, 0.25) is 0 Å². The first kappa shape index (κ1) is 13.6. The fourth-order valence-corrected chi connectivity index (χ4v) is 2.37. The lowest BCUT2D eigenvalue weighted by molar-refractivity contribution is 1.39. The summed E-state index contributed by atoms with van der Waals surface area (Å²) >= 11 is 5.79. The van der Waals surface area contributed by atoms with E-state index in [-0.39, 0.29) is 0 Å². The lowest BCUT2D eigenvalue weighted by Crippen LogP contribution is -2.01. The van der Waals surface area contributed by atoms with Crippen LogP contribution in [0.3, 0.4) is 0 Å². The zero-order valence-electron chi connectivity index (χ0n) is 11.2. The van der Waals surface area contributed by atoms with Crippen LogP contribution in [0.15, 0.2) is 65.3 Å². The third-order valence-electron chi connectivity index (χ3n) is 3.01. The van der Waals surface area contributed by atoms with E-state index in [9.17, 15) is 0 Å². The van der Waals surface area contributed by atoms with E-state index in [1.165, 1.54) is 16.7 Å². The Hall–Kier alpha value is -1.86. The van der Waals surface area contributed by atoms with Gasteiger partial charge in [0.25, 0.3) is 0 Å². The molecule has 0 amide bonds. The number of aryl methyl sites for hydroxylation is 1. The summed E-state index contributed by atoms with van der Waals surface area (Å²) in [6.45, 7) is 7.67.